The molecule has 1 heterocycles. The normalized spacial score (nSPS) is 19.9. The summed E-state index contributed by atoms with van der Waals surface area (Å²) in [6.07, 6.45) is -8.09. The Kier molecular flexibility index (Phi) is 17.4. The smallest absolute Gasteiger partial charge is 0.407 e. The summed E-state index contributed by atoms with van der Waals surface area (Å²) in [6.45, 7) is 19.1. The predicted octanol–water partition coefficient (Wildman–Crippen LogP) is 6.79. The number of carboxylic acid groups (broad SMARTS) is 1. The Bertz CT molecular complexity index is 2320. The van der Waals surface area contributed by atoms with E-state index in [1.807, 2.05) is 48.5 Å². The van der Waals surface area contributed by atoms with Crippen molar-refractivity contribution < 1.29 is 66.8 Å². The molecule has 0 bridgehead atoms. The van der Waals surface area contributed by atoms with Crippen molar-refractivity contribution in [2.24, 2.45) is 5.92 Å². The van der Waals surface area contributed by atoms with Gasteiger partial charge in [0, 0.05) is 32.4 Å². The van der Waals surface area contributed by atoms with Gasteiger partial charge in [-0.3, -0.25) is 24.0 Å². The van der Waals surface area contributed by atoms with Crippen molar-refractivity contribution in [1.82, 2.24) is 10.6 Å². The molecule has 1 fully saturated rings. The van der Waals surface area contributed by atoms with Gasteiger partial charge in [0.05, 0.1) is 12.7 Å². The number of anilines is 1. The largest absolute Gasteiger partial charge is 0.479 e. The topological polar surface area (TPSA) is 231 Å². The van der Waals surface area contributed by atoms with E-state index in [0.29, 0.717) is 11.3 Å². The molecule has 18 heteroatoms. The van der Waals surface area contributed by atoms with Crippen LogP contribution in [0.1, 0.15) is 96.9 Å². The highest BCUT2D eigenvalue weighted by Crippen LogP contribution is 2.44. The van der Waals surface area contributed by atoms with Crippen LogP contribution in [0.4, 0.5) is 10.5 Å². The van der Waals surface area contributed by atoms with E-state index >= 15 is 0 Å². The van der Waals surface area contributed by atoms with Gasteiger partial charge in [-0.1, -0.05) is 89.2 Å². The summed E-state index contributed by atoms with van der Waals surface area (Å²) in [5.74, 6) is -5.68. The zero-order chi connectivity index (χ0) is 50.2. The Labute approximate surface area is 398 Å². The number of hydrogen-bond acceptors (Lipinski definition) is 13. The minimum absolute atomic E-state index is 0.0104. The van der Waals surface area contributed by atoms with Crippen molar-refractivity contribution in [2.75, 3.05) is 11.9 Å². The van der Waals surface area contributed by atoms with Gasteiger partial charge < -0.3 is 49.2 Å². The maximum atomic E-state index is 13.7. The number of aliphatic carboxylic acids is 1. The molecule has 17 nitrogen and oxygen atoms in total. The molecule has 7 atom stereocenters. The van der Waals surface area contributed by atoms with Gasteiger partial charge in [0.1, 0.15) is 18.7 Å². The third-order valence-electron chi connectivity index (χ3n) is 12.7. The second-order valence-corrected chi connectivity index (χ2v) is 23.9. The zero-order valence-electron chi connectivity index (χ0n) is 40.6. The van der Waals surface area contributed by atoms with Crippen LogP contribution in [0.25, 0.3) is 11.1 Å². The first-order valence-electron chi connectivity index (χ1n) is 22.8. The average molecular weight is 960 g/mol. The van der Waals surface area contributed by atoms with Gasteiger partial charge in [-0.05, 0) is 89.3 Å². The highest BCUT2D eigenvalue weighted by molar-refractivity contribution is 6.74. The first-order valence-corrected chi connectivity index (χ1v) is 25.7. The molecule has 4 N–H and O–H groups in total. The van der Waals surface area contributed by atoms with Gasteiger partial charge in [-0.15, -0.1) is 0 Å². The summed E-state index contributed by atoms with van der Waals surface area (Å²) in [6, 6.07) is 19.0. The number of rotatable bonds is 18. The monoisotopic (exact) mass is 959 g/mol. The number of amides is 3. The predicted molar refractivity (Wildman–Crippen MR) is 253 cm³/mol. The van der Waals surface area contributed by atoms with Gasteiger partial charge in [-0.25, -0.2) is 9.59 Å². The summed E-state index contributed by atoms with van der Waals surface area (Å²) in [7, 11) is -2.28. The fraction of sp³-hybridized carbons (Fsp3) is 0.500. The fourth-order valence-corrected chi connectivity index (χ4v) is 9.05. The molecule has 3 aromatic carbocycles. The molecule has 2 aliphatic rings. The minimum atomic E-state index is -2.28. The number of esters is 3. The van der Waals surface area contributed by atoms with E-state index in [2.05, 4.69) is 49.8 Å². The number of benzene rings is 3. The maximum Gasteiger partial charge on any atom is 0.407 e. The molecule has 0 spiro atoms. The van der Waals surface area contributed by atoms with Crippen LogP contribution in [0, 0.1) is 5.92 Å². The molecule has 368 valence electrons. The van der Waals surface area contributed by atoms with Crippen molar-refractivity contribution in [3.8, 4) is 11.1 Å². The van der Waals surface area contributed by atoms with E-state index < -0.39 is 92.7 Å². The summed E-state index contributed by atoms with van der Waals surface area (Å²) < 4.78 is 34.6. The number of nitrogens with one attached hydrogen (secondary N) is 3. The minimum Gasteiger partial charge on any atom is -0.479 e. The van der Waals surface area contributed by atoms with Crippen LogP contribution in [-0.4, -0.2) is 104 Å². The number of carbonyl (C=O) groups is 7. The lowest BCUT2D eigenvalue weighted by Crippen LogP contribution is -2.63. The van der Waals surface area contributed by atoms with E-state index in [1.54, 1.807) is 32.0 Å². The van der Waals surface area contributed by atoms with Crippen LogP contribution in [0.5, 0.6) is 0 Å². The number of carbonyl (C=O) groups excluding carboxylic acids is 6. The van der Waals surface area contributed by atoms with Gasteiger partial charge >= 0.3 is 30.0 Å². The molecular formula is C50H65N3O14Si. The van der Waals surface area contributed by atoms with Crippen molar-refractivity contribution in [3.05, 3.63) is 89.0 Å². The number of ether oxygens (including phenoxy) is 5. The van der Waals surface area contributed by atoms with Crippen molar-refractivity contribution in [1.29, 1.82) is 0 Å². The van der Waals surface area contributed by atoms with Crippen LogP contribution in [-0.2, 0) is 69.9 Å². The number of alkyl carbamates (subject to hydrolysis) is 1. The van der Waals surface area contributed by atoms with Gasteiger partial charge in [0.15, 0.2) is 32.7 Å². The second-order valence-electron chi connectivity index (χ2n) is 19.1. The number of hydrogen-bond donors (Lipinski definition) is 4. The van der Waals surface area contributed by atoms with E-state index in [9.17, 15) is 38.7 Å². The van der Waals surface area contributed by atoms with E-state index in [-0.39, 0.29) is 42.9 Å². The first kappa shape index (κ1) is 52.9. The Morgan fingerprint density at radius 2 is 1.29 bits per heavy atom. The molecule has 3 amide bonds. The second kappa shape index (κ2) is 22.3. The van der Waals surface area contributed by atoms with Crippen LogP contribution in [0.15, 0.2) is 66.7 Å². The molecule has 1 aliphatic heterocycles. The van der Waals surface area contributed by atoms with Crippen LogP contribution in [0.3, 0.4) is 0 Å². The molecule has 3 aromatic rings. The molecule has 0 saturated carbocycles. The third kappa shape index (κ3) is 13.1. The number of carboxylic acids is 1. The van der Waals surface area contributed by atoms with E-state index in [4.69, 9.17) is 28.1 Å². The standard InChI is InChI=1S/C50H65N3O14Si/c1-27(2)41(53-49(61)62-26-39-37-18-14-12-16-35(37)36-17-13-15-19-38(36)39)47(58)51-28(3)46(57)52-34-22-20-33(25-63-68(10,11)50(7,8)9)32(24-34)21-23-40-42(64-29(4)54)43(65-30(5)55)44(66-31(6)56)45(67-40)48(59)60/h12-20,22,24,27-28,39-45H,21,23,25-26H2,1-11H3,(H,51,58)(H,52,57)(H,53,61)(H,59,60)/t28-,40?,41-,42?,43?,44?,45?/m0/s1. The Hall–Kier alpha value is -6.11. The Balaban J connectivity index is 1.31. The molecule has 5 rings (SSSR count). The SMILES string of the molecule is CC(=O)OC1C(CCc2cc(NC(=O)[C@H](C)NC(=O)[C@@H](NC(=O)OCC3c4ccccc4-c4ccccc43)C(C)C)ccc2CO[Si](C)(C)C(C)(C)C)OC(C(=O)O)C(OC(C)=O)C1OC(C)=O. The molecule has 0 radical (unpaired) electrons. The average Bonchev–Trinajstić information content (AvgIpc) is 3.57. The lowest BCUT2D eigenvalue weighted by molar-refractivity contribution is -0.248. The van der Waals surface area contributed by atoms with Crippen LogP contribution >= 0.6 is 0 Å². The van der Waals surface area contributed by atoms with Crippen molar-refractivity contribution in [3.63, 3.8) is 0 Å². The van der Waals surface area contributed by atoms with Crippen molar-refractivity contribution >= 4 is 55.8 Å². The lowest BCUT2D eigenvalue weighted by atomic mass is 9.90. The van der Waals surface area contributed by atoms with E-state index in [1.165, 1.54) is 6.92 Å². The summed E-state index contributed by atoms with van der Waals surface area (Å²) in [5, 5.41) is 18.3. The Morgan fingerprint density at radius 1 is 0.735 bits per heavy atom. The highest BCUT2D eigenvalue weighted by Gasteiger charge is 2.54. The van der Waals surface area contributed by atoms with E-state index in [0.717, 1.165) is 48.6 Å². The van der Waals surface area contributed by atoms with Crippen LogP contribution in [0.2, 0.25) is 18.1 Å². The van der Waals surface area contributed by atoms with Crippen LogP contribution < -0.4 is 16.0 Å². The highest BCUT2D eigenvalue weighted by atomic mass is 28.4. The number of fused-ring (bicyclic) bond motifs is 3. The molecular weight excluding hydrogens is 895 g/mol. The third-order valence-corrected chi connectivity index (χ3v) is 17.1. The fourth-order valence-electron chi connectivity index (χ4n) is 8.10. The Morgan fingerprint density at radius 3 is 1.84 bits per heavy atom. The summed E-state index contributed by atoms with van der Waals surface area (Å²) in [5.41, 5.74) is 6.02. The molecule has 1 saturated heterocycles. The zero-order valence-corrected chi connectivity index (χ0v) is 41.6. The first-order chi connectivity index (χ1) is 31.9. The number of aryl methyl sites for hydroxylation is 1. The summed E-state index contributed by atoms with van der Waals surface area (Å²) >= 11 is 0. The maximum absolute atomic E-state index is 13.7. The lowest BCUT2D eigenvalue weighted by Gasteiger charge is -2.43. The van der Waals surface area contributed by atoms with Gasteiger partial charge in [-0.2, -0.15) is 0 Å². The van der Waals surface area contributed by atoms with Crippen molar-refractivity contribution in [2.45, 2.75) is 148 Å². The molecule has 0 aromatic heterocycles. The quantitative estimate of drug-likeness (QED) is 0.0584. The van der Waals surface area contributed by atoms with Gasteiger partial charge in [0.2, 0.25) is 11.8 Å². The molecule has 5 unspecified atom stereocenters. The summed E-state index contributed by atoms with van der Waals surface area (Å²) in [4.78, 5) is 89.8. The molecule has 68 heavy (non-hydrogen) atoms. The molecule has 1 aliphatic carbocycles. The van der Waals surface area contributed by atoms with Gasteiger partial charge in [0.25, 0.3) is 0 Å².